The van der Waals surface area contributed by atoms with Crippen molar-refractivity contribution in [2.75, 3.05) is 0 Å². The van der Waals surface area contributed by atoms with Crippen molar-refractivity contribution in [3.8, 4) is 5.75 Å². The Morgan fingerprint density at radius 2 is 1.62 bits per heavy atom. The number of ether oxygens (including phenoxy) is 1. The molecule has 0 unspecified atom stereocenters. The molecule has 82 valence electrons. The number of pyridine rings is 1. The quantitative estimate of drug-likeness (QED) is 0.778. The van der Waals surface area contributed by atoms with Crippen molar-refractivity contribution in [3.05, 3.63) is 59.9 Å². The fourth-order valence-electron chi connectivity index (χ4n) is 1.47. The van der Waals surface area contributed by atoms with Crippen LogP contribution in [-0.4, -0.2) is 4.98 Å². The van der Waals surface area contributed by atoms with Gasteiger partial charge >= 0.3 is 0 Å². The highest BCUT2D eigenvalue weighted by Crippen LogP contribution is 2.14. The number of aromatic nitrogens is 1. The number of benzene rings is 1. The monoisotopic (exact) mass is 213 g/mol. The molecule has 0 radical (unpaired) electrons. The smallest absolute Gasteiger partial charge is 0.119 e. The largest absolute Gasteiger partial charge is 0.489 e. The molecule has 0 saturated heterocycles. The first kappa shape index (κ1) is 10.7. The van der Waals surface area contributed by atoms with Gasteiger partial charge in [-0.05, 0) is 41.8 Å². The van der Waals surface area contributed by atoms with Crippen LogP contribution in [0.25, 0.3) is 0 Å². The minimum atomic E-state index is 0.591. The van der Waals surface area contributed by atoms with Crippen molar-refractivity contribution in [2.45, 2.75) is 20.0 Å². The first-order chi connectivity index (χ1) is 7.88. The molecule has 0 bridgehead atoms. The van der Waals surface area contributed by atoms with Gasteiger partial charge in [0.2, 0.25) is 0 Å². The first-order valence-corrected chi connectivity index (χ1v) is 5.49. The summed E-state index contributed by atoms with van der Waals surface area (Å²) in [6, 6.07) is 12.1. The fraction of sp³-hybridized carbons (Fsp3) is 0.214. The highest BCUT2D eigenvalue weighted by molar-refractivity contribution is 5.27. The van der Waals surface area contributed by atoms with Gasteiger partial charge in [0.15, 0.2) is 0 Å². The Morgan fingerprint density at radius 3 is 2.25 bits per heavy atom. The van der Waals surface area contributed by atoms with Gasteiger partial charge in [0.1, 0.15) is 12.4 Å². The van der Waals surface area contributed by atoms with Crippen LogP contribution in [0.3, 0.4) is 0 Å². The van der Waals surface area contributed by atoms with Gasteiger partial charge < -0.3 is 4.74 Å². The molecule has 0 saturated carbocycles. The minimum absolute atomic E-state index is 0.591. The molecule has 0 fully saturated rings. The number of nitrogens with zero attached hydrogens (tertiary/aromatic N) is 1. The normalized spacial score (nSPS) is 10.1. The van der Waals surface area contributed by atoms with Crippen LogP contribution in [0.4, 0.5) is 0 Å². The zero-order valence-corrected chi connectivity index (χ0v) is 9.39. The minimum Gasteiger partial charge on any atom is -0.489 e. The first-order valence-electron chi connectivity index (χ1n) is 5.49. The molecule has 0 aliphatic rings. The lowest BCUT2D eigenvalue weighted by atomic mass is 10.2. The van der Waals surface area contributed by atoms with E-state index in [1.54, 1.807) is 12.4 Å². The van der Waals surface area contributed by atoms with Crippen LogP contribution in [0.5, 0.6) is 5.75 Å². The molecule has 2 rings (SSSR count). The molecule has 2 heteroatoms. The van der Waals surface area contributed by atoms with Crippen molar-refractivity contribution >= 4 is 0 Å². The molecule has 0 aliphatic heterocycles. The second-order valence-corrected chi connectivity index (χ2v) is 3.64. The lowest BCUT2D eigenvalue weighted by Crippen LogP contribution is -1.95. The molecule has 1 aromatic carbocycles. The number of rotatable bonds is 4. The SMILES string of the molecule is CCc1ccc(OCc2ccncc2)cc1. The third kappa shape index (κ3) is 2.83. The summed E-state index contributed by atoms with van der Waals surface area (Å²) in [5.74, 6) is 0.911. The van der Waals surface area contributed by atoms with E-state index in [-0.39, 0.29) is 0 Å². The Morgan fingerprint density at radius 1 is 0.938 bits per heavy atom. The van der Waals surface area contributed by atoms with Gasteiger partial charge in [-0.1, -0.05) is 19.1 Å². The molecule has 16 heavy (non-hydrogen) atoms. The summed E-state index contributed by atoms with van der Waals surface area (Å²) in [5, 5.41) is 0. The fourth-order valence-corrected chi connectivity index (χ4v) is 1.47. The van der Waals surface area contributed by atoms with Crippen LogP contribution >= 0.6 is 0 Å². The molecule has 0 N–H and O–H groups in total. The highest BCUT2D eigenvalue weighted by Gasteiger charge is 1.95. The van der Waals surface area contributed by atoms with Crippen LogP contribution < -0.4 is 4.74 Å². The lowest BCUT2D eigenvalue weighted by Gasteiger charge is -2.06. The maximum Gasteiger partial charge on any atom is 0.119 e. The maximum atomic E-state index is 5.66. The van der Waals surface area contributed by atoms with E-state index in [1.165, 1.54) is 5.56 Å². The molecule has 1 heterocycles. The molecule has 0 atom stereocenters. The Hall–Kier alpha value is -1.83. The number of hydrogen-bond acceptors (Lipinski definition) is 2. The van der Waals surface area contributed by atoms with Crippen LogP contribution in [0.2, 0.25) is 0 Å². The average Bonchev–Trinajstić information content (AvgIpc) is 2.38. The lowest BCUT2D eigenvalue weighted by molar-refractivity contribution is 0.306. The van der Waals surface area contributed by atoms with Gasteiger partial charge in [0, 0.05) is 12.4 Å². The second-order valence-electron chi connectivity index (χ2n) is 3.64. The van der Waals surface area contributed by atoms with Crippen LogP contribution in [0.15, 0.2) is 48.8 Å². The number of hydrogen-bond donors (Lipinski definition) is 0. The third-order valence-corrected chi connectivity index (χ3v) is 2.49. The van der Waals surface area contributed by atoms with Gasteiger partial charge in [-0.2, -0.15) is 0 Å². The topological polar surface area (TPSA) is 22.1 Å². The van der Waals surface area contributed by atoms with Gasteiger partial charge in [-0.15, -0.1) is 0 Å². The van der Waals surface area contributed by atoms with Gasteiger partial charge in [0.05, 0.1) is 0 Å². The Labute approximate surface area is 95.9 Å². The standard InChI is InChI=1S/C14H15NO/c1-2-12-3-5-14(6-4-12)16-11-13-7-9-15-10-8-13/h3-10H,2,11H2,1H3. The summed E-state index contributed by atoms with van der Waals surface area (Å²) in [5.41, 5.74) is 2.46. The molecule has 0 aliphatic carbocycles. The van der Waals surface area contributed by atoms with Gasteiger partial charge in [-0.3, -0.25) is 4.98 Å². The van der Waals surface area contributed by atoms with E-state index >= 15 is 0 Å². The van der Waals surface area contributed by atoms with Crippen molar-refractivity contribution in [3.63, 3.8) is 0 Å². The van der Waals surface area contributed by atoms with E-state index < -0.39 is 0 Å². The Bertz CT molecular complexity index is 422. The van der Waals surface area contributed by atoms with Crippen molar-refractivity contribution < 1.29 is 4.74 Å². The predicted octanol–water partition coefficient (Wildman–Crippen LogP) is 3.22. The van der Waals surface area contributed by atoms with E-state index in [2.05, 4.69) is 24.0 Å². The number of aryl methyl sites for hydroxylation is 1. The van der Waals surface area contributed by atoms with Crippen molar-refractivity contribution in [2.24, 2.45) is 0 Å². The summed E-state index contributed by atoms with van der Waals surface area (Å²) in [7, 11) is 0. The molecular weight excluding hydrogens is 198 g/mol. The molecule has 0 amide bonds. The second kappa shape index (κ2) is 5.31. The molecule has 1 aromatic heterocycles. The van der Waals surface area contributed by atoms with E-state index in [9.17, 15) is 0 Å². The molecular formula is C14H15NO. The summed E-state index contributed by atoms with van der Waals surface area (Å²) >= 11 is 0. The predicted molar refractivity (Wildman–Crippen MR) is 64.4 cm³/mol. The zero-order chi connectivity index (χ0) is 11.2. The third-order valence-electron chi connectivity index (χ3n) is 2.49. The van der Waals surface area contributed by atoms with Crippen LogP contribution in [-0.2, 0) is 13.0 Å². The molecule has 0 spiro atoms. The summed E-state index contributed by atoms with van der Waals surface area (Å²) < 4.78 is 5.66. The van der Waals surface area contributed by atoms with Crippen LogP contribution in [0, 0.1) is 0 Å². The maximum absolute atomic E-state index is 5.66. The molecule has 2 aromatic rings. The Balaban J connectivity index is 1.94. The molecule has 2 nitrogen and oxygen atoms in total. The van der Waals surface area contributed by atoms with Crippen molar-refractivity contribution in [1.82, 2.24) is 4.98 Å². The highest BCUT2D eigenvalue weighted by atomic mass is 16.5. The van der Waals surface area contributed by atoms with Crippen molar-refractivity contribution in [1.29, 1.82) is 0 Å². The van der Waals surface area contributed by atoms with Gasteiger partial charge in [-0.25, -0.2) is 0 Å². The van der Waals surface area contributed by atoms with E-state index in [4.69, 9.17) is 4.74 Å². The summed E-state index contributed by atoms with van der Waals surface area (Å²) in [6.07, 6.45) is 4.61. The Kier molecular flexibility index (Phi) is 3.54. The zero-order valence-electron chi connectivity index (χ0n) is 9.39. The summed E-state index contributed by atoms with van der Waals surface area (Å²) in [4.78, 5) is 3.97. The van der Waals surface area contributed by atoms with Gasteiger partial charge in [0.25, 0.3) is 0 Å². The van der Waals surface area contributed by atoms with E-state index in [0.717, 1.165) is 17.7 Å². The summed E-state index contributed by atoms with van der Waals surface area (Å²) in [6.45, 7) is 2.74. The van der Waals surface area contributed by atoms with E-state index in [0.29, 0.717) is 6.61 Å². The van der Waals surface area contributed by atoms with E-state index in [1.807, 2.05) is 24.3 Å². The van der Waals surface area contributed by atoms with Crippen LogP contribution in [0.1, 0.15) is 18.1 Å². The average molecular weight is 213 g/mol.